The second-order valence-electron chi connectivity index (χ2n) is 5.39. The Bertz CT molecular complexity index is 263. The van der Waals surface area contributed by atoms with Gasteiger partial charge in [-0.3, -0.25) is 0 Å². The zero-order chi connectivity index (χ0) is 12.5. The molecule has 0 bridgehead atoms. The zero-order valence-electron chi connectivity index (χ0n) is 10.4. The highest BCUT2D eigenvalue weighted by Crippen LogP contribution is 2.24. The van der Waals surface area contributed by atoms with E-state index in [-0.39, 0.29) is 18.6 Å². The van der Waals surface area contributed by atoms with E-state index in [9.17, 15) is 9.18 Å². The van der Waals surface area contributed by atoms with Crippen molar-refractivity contribution >= 4 is 6.09 Å². The van der Waals surface area contributed by atoms with Crippen LogP contribution < -0.4 is 5.73 Å². The van der Waals surface area contributed by atoms with Crippen LogP contribution >= 0.6 is 0 Å². The number of carbonyl (C=O) groups is 1. The molecule has 0 aliphatic carbocycles. The monoisotopic (exact) mass is 232 g/mol. The normalized spacial score (nSPS) is 28.0. The molecule has 1 fully saturated rings. The summed E-state index contributed by atoms with van der Waals surface area (Å²) in [7, 11) is 0. The van der Waals surface area contributed by atoms with Gasteiger partial charge in [-0.1, -0.05) is 0 Å². The van der Waals surface area contributed by atoms with Gasteiger partial charge in [0, 0.05) is 12.5 Å². The topological polar surface area (TPSA) is 55.6 Å². The molecule has 1 aliphatic heterocycles. The minimum atomic E-state index is -0.997. The molecule has 1 heterocycles. The van der Waals surface area contributed by atoms with Crippen molar-refractivity contribution < 1.29 is 13.9 Å². The molecule has 4 nitrogen and oxygen atoms in total. The molecule has 1 aliphatic rings. The van der Waals surface area contributed by atoms with Crippen LogP contribution in [0, 0.1) is 0 Å². The van der Waals surface area contributed by atoms with Crippen LogP contribution in [0.5, 0.6) is 0 Å². The molecule has 5 heteroatoms. The van der Waals surface area contributed by atoms with Gasteiger partial charge in [-0.15, -0.1) is 0 Å². The third kappa shape index (κ3) is 3.33. The minimum Gasteiger partial charge on any atom is -0.444 e. The van der Waals surface area contributed by atoms with Crippen molar-refractivity contribution in [1.29, 1.82) is 0 Å². The standard InChI is InChI=1S/C11H21FN2O2/c1-7(13)9-5-8(12)6-14(9)10(15)16-11(2,3)4/h7-9H,5-6,13H2,1-4H3/t7-,8+,9?/m0/s1. The lowest BCUT2D eigenvalue weighted by Gasteiger charge is -2.29. The number of likely N-dealkylation sites (tertiary alicyclic amines) is 1. The van der Waals surface area contributed by atoms with Gasteiger partial charge >= 0.3 is 6.09 Å². The molecule has 1 unspecified atom stereocenters. The molecule has 0 spiro atoms. The average molecular weight is 232 g/mol. The molecule has 16 heavy (non-hydrogen) atoms. The lowest BCUT2D eigenvalue weighted by atomic mass is 10.1. The van der Waals surface area contributed by atoms with Gasteiger partial charge in [0.15, 0.2) is 0 Å². The second kappa shape index (κ2) is 4.57. The molecule has 1 rings (SSSR count). The average Bonchev–Trinajstić information content (AvgIpc) is 2.44. The summed E-state index contributed by atoms with van der Waals surface area (Å²) < 4.78 is 18.5. The summed E-state index contributed by atoms with van der Waals surface area (Å²) in [4.78, 5) is 13.2. The molecule has 0 radical (unpaired) electrons. The Labute approximate surface area is 95.9 Å². The summed E-state index contributed by atoms with van der Waals surface area (Å²) >= 11 is 0. The molecule has 2 N–H and O–H groups in total. The molecule has 1 amide bonds. The summed E-state index contributed by atoms with van der Waals surface area (Å²) in [6.07, 6.45) is -1.17. The van der Waals surface area contributed by atoms with Crippen molar-refractivity contribution in [2.45, 2.75) is 58.0 Å². The molecule has 94 valence electrons. The van der Waals surface area contributed by atoms with Gasteiger partial charge < -0.3 is 15.4 Å². The minimum absolute atomic E-state index is 0.0844. The van der Waals surface area contributed by atoms with Gasteiger partial charge in [-0.05, 0) is 27.7 Å². The molecular formula is C11H21FN2O2. The van der Waals surface area contributed by atoms with E-state index in [4.69, 9.17) is 10.5 Å². The number of hydrogen-bond acceptors (Lipinski definition) is 3. The van der Waals surface area contributed by atoms with Gasteiger partial charge in [0.1, 0.15) is 11.8 Å². The molecule has 0 aromatic carbocycles. The highest BCUT2D eigenvalue weighted by molar-refractivity contribution is 5.69. The summed E-state index contributed by atoms with van der Waals surface area (Å²) in [5.74, 6) is 0. The number of nitrogens with zero attached hydrogens (tertiary/aromatic N) is 1. The van der Waals surface area contributed by atoms with E-state index in [0.717, 1.165) is 0 Å². The number of alkyl halides is 1. The van der Waals surface area contributed by atoms with Crippen LogP contribution in [0.25, 0.3) is 0 Å². The Hall–Kier alpha value is -0.840. The fourth-order valence-electron chi connectivity index (χ4n) is 1.84. The molecule has 3 atom stereocenters. The molecule has 0 aromatic rings. The fraction of sp³-hybridized carbons (Fsp3) is 0.909. The fourth-order valence-corrected chi connectivity index (χ4v) is 1.84. The van der Waals surface area contributed by atoms with Gasteiger partial charge in [0.2, 0.25) is 0 Å². The van der Waals surface area contributed by atoms with Crippen LogP contribution in [0.2, 0.25) is 0 Å². The third-order valence-corrected chi connectivity index (χ3v) is 2.53. The smallest absolute Gasteiger partial charge is 0.410 e. The van der Waals surface area contributed by atoms with Crippen molar-refractivity contribution in [3.8, 4) is 0 Å². The number of rotatable bonds is 1. The molecule has 0 aromatic heterocycles. The Morgan fingerprint density at radius 1 is 1.56 bits per heavy atom. The number of amides is 1. The summed E-state index contributed by atoms with van der Waals surface area (Å²) in [5.41, 5.74) is 5.17. The summed E-state index contributed by atoms with van der Waals surface area (Å²) in [6.45, 7) is 7.22. The SMILES string of the molecule is C[C@H](N)C1C[C@@H](F)CN1C(=O)OC(C)(C)C. The highest BCUT2D eigenvalue weighted by Gasteiger charge is 2.39. The number of halogens is 1. The number of hydrogen-bond donors (Lipinski definition) is 1. The largest absolute Gasteiger partial charge is 0.444 e. The lowest BCUT2D eigenvalue weighted by Crippen LogP contribution is -2.47. The third-order valence-electron chi connectivity index (χ3n) is 2.53. The first kappa shape index (κ1) is 13.2. The van der Waals surface area contributed by atoms with Gasteiger partial charge in [0.25, 0.3) is 0 Å². The quantitative estimate of drug-likeness (QED) is 0.748. The van der Waals surface area contributed by atoms with Crippen LogP contribution in [-0.4, -0.2) is 41.4 Å². The number of carbonyl (C=O) groups excluding carboxylic acids is 1. The zero-order valence-corrected chi connectivity index (χ0v) is 10.4. The van der Waals surface area contributed by atoms with Crippen molar-refractivity contribution in [2.24, 2.45) is 5.73 Å². The maximum absolute atomic E-state index is 13.3. The predicted octanol–water partition coefficient (Wildman–Crippen LogP) is 1.68. The van der Waals surface area contributed by atoms with Crippen LogP contribution in [0.15, 0.2) is 0 Å². The number of nitrogens with two attached hydrogens (primary N) is 1. The van der Waals surface area contributed by atoms with Gasteiger partial charge in [-0.25, -0.2) is 9.18 Å². The van der Waals surface area contributed by atoms with Crippen LogP contribution in [0.4, 0.5) is 9.18 Å². The second-order valence-corrected chi connectivity index (χ2v) is 5.39. The van der Waals surface area contributed by atoms with Crippen molar-refractivity contribution in [2.75, 3.05) is 6.54 Å². The summed E-state index contributed by atoms with van der Waals surface area (Å²) in [6, 6.07) is -0.502. The van der Waals surface area contributed by atoms with Crippen LogP contribution in [0.1, 0.15) is 34.1 Å². The lowest BCUT2D eigenvalue weighted by molar-refractivity contribution is 0.0203. The first-order valence-electron chi connectivity index (χ1n) is 5.60. The molecule has 1 saturated heterocycles. The van der Waals surface area contributed by atoms with Gasteiger partial charge in [0.05, 0.1) is 12.6 Å². The highest BCUT2D eigenvalue weighted by atomic mass is 19.1. The van der Waals surface area contributed by atoms with E-state index in [0.29, 0.717) is 6.42 Å². The Balaban J connectivity index is 2.67. The maximum Gasteiger partial charge on any atom is 0.410 e. The number of ether oxygens (including phenoxy) is 1. The van der Waals surface area contributed by atoms with E-state index in [1.165, 1.54) is 4.90 Å². The van der Waals surface area contributed by atoms with Crippen molar-refractivity contribution in [3.63, 3.8) is 0 Å². The maximum atomic E-state index is 13.3. The predicted molar refractivity (Wildman–Crippen MR) is 59.9 cm³/mol. The van der Waals surface area contributed by atoms with Crippen molar-refractivity contribution in [3.05, 3.63) is 0 Å². The molecule has 0 saturated carbocycles. The Kier molecular flexibility index (Phi) is 3.78. The van der Waals surface area contributed by atoms with Crippen molar-refractivity contribution in [1.82, 2.24) is 4.90 Å². The van der Waals surface area contributed by atoms with E-state index in [1.807, 2.05) is 0 Å². The van der Waals surface area contributed by atoms with Crippen LogP contribution in [0.3, 0.4) is 0 Å². The summed E-state index contributed by atoms with van der Waals surface area (Å²) in [5, 5.41) is 0. The molecular weight excluding hydrogens is 211 g/mol. The first-order chi connectivity index (χ1) is 7.20. The van der Waals surface area contributed by atoms with E-state index in [1.54, 1.807) is 27.7 Å². The van der Waals surface area contributed by atoms with Gasteiger partial charge in [-0.2, -0.15) is 0 Å². The first-order valence-corrected chi connectivity index (χ1v) is 5.60. The van der Waals surface area contributed by atoms with Crippen LogP contribution in [-0.2, 0) is 4.74 Å². The Morgan fingerprint density at radius 3 is 2.56 bits per heavy atom. The van der Waals surface area contributed by atoms with E-state index < -0.39 is 17.9 Å². The van der Waals surface area contributed by atoms with E-state index in [2.05, 4.69) is 0 Å². The van der Waals surface area contributed by atoms with E-state index >= 15 is 0 Å². The Morgan fingerprint density at radius 2 is 2.12 bits per heavy atom.